The number of hydrogen-bond acceptors (Lipinski definition) is 3. The average Bonchev–Trinajstić information content (AvgIpc) is 3.49. The van der Waals surface area contributed by atoms with Crippen molar-refractivity contribution in [3.8, 4) is 11.1 Å². The lowest BCUT2D eigenvalue weighted by Gasteiger charge is -2.30. The molecule has 2 aromatic rings. The normalized spacial score (nSPS) is 16.8. The molecule has 2 aromatic carbocycles. The first-order chi connectivity index (χ1) is 14.9. The van der Waals surface area contributed by atoms with Crippen LogP contribution in [0.2, 0.25) is 0 Å². The average molecular weight is 442 g/mol. The van der Waals surface area contributed by atoms with E-state index in [2.05, 4.69) is 6.58 Å². The van der Waals surface area contributed by atoms with Gasteiger partial charge in [0.25, 0.3) is 0 Å². The summed E-state index contributed by atoms with van der Waals surface area (Å²) in [5.74, 6) is -1.41. The number of ether oxygens (including phenoxy) is 1. The second-order valence-corrected chi connectivity index (χ2v) is 10.1. The zero-order valence-electron chi connectivity index (χ0n) is 19.4. The fourth-order valence-corrected chi connectivity index (χ4v) is 4.34. The molecule has 172 valence electrons. The maximum Gasteiger partial charge on any atom is 0.333 e. The molecule has 2 atom stereocenters. The minimum atomic E-state index is -0.586. The minimum absolute atomic E-state index is 0.108. The fourth-order valence-electron chi connectivity index (χ4n) is 4.34. The highest BCUT2D eigenvalue weighted by atomic mass is 19.1. The van der Waals surface area contributed by atoms with Crippen LogP contribution in [0, 0.1) is 23.0 Å². The third-order valence-corrected chi connectivity index (χ3v) is 6.20. The van der Waals surface area contributed by atoms with Gasteiger partial charge in [-0.05, 0) is 81.0 Å². The molecular weight excluding hydrogens is 408 g/mol. The van der Waals surface area contributed by atoms with Gasteiger partial charge in [0.1, 0.15) is 17.2 Å². The summed E-state index contributed by atoms with van der Waals surface area (Å²) in [4.78, 5) is 12.3. The number of halogens is 2. The Morgan fingerprint density at radius 1 is 1.19 bits per heavy atom. The molecule has 0 unspecified atom stereocenters. The summed E-state index contributed by atoms with van der Waals surface area (Å²) in [6.07, 6.45) is 2.52. The first-order valence-corrected chi connectivity index (χ1v) is 11.1. The Hall–Kier alpha value is -2.53. The summed E-state index contributed by atoms with van der Waals surface area (Å²) in [7, 11) is 0. The molecule has 0 saturated heterocycles. The number of hydrogen-bond donors (Lipinski definition) is 1. The lowest BCUT2D eigenvalue weighted by atomic mass is 9.80. The molecule has 3 nitrogen and oxygen atoms in total. The van der Waals surface area contributed by atoms with Crippen molar-refractivity contribution < 1.29 is 18.3 Å². The Balaban J connectivity index is 1.73. The topological polar surface area (TPSA) is 52.3 Å². The van der Waals surface area contributed by atoms with E-state index in [9.17, 15) is 9.18 Å². The van der Waals surface area contributed by atoms with E-state index in [4.69, 9.17) is 10.5 Å². The molecule has 0 radical (unpaired) electrons. The SMILES string of the molecule is C=C(CC1([C@H](N)[C@@H](C)Cc2cc(F)cc(-c3ccccc3)c2F)CC1)C(=O)OC(C)(C)C. The molecule has 32 heavy (non-hydrogen) atoms. The molecule has 1 aliphatic carbocycles. The van der Waals surface area contributed by atoms with Gasteiger partial charge in [-0.15, -0.1) is 0 Å². The van der Waals surface area contributed by atoms with Gasteiger partial charge in [0.05, 0.1) is 0 Å². The number of carbonyl (C=O) groups excluding carboxylic acids is 1. The molecule has 0 bridgehead atoms. The van der Waals surface area contributed by atoms with E-state index in [1.165, 1.54) is 12.1 Å². The van der Waals surface area contributed by atoms with Crippen molar-refractivity contribution in [2.45, 2.75) is 65.0 Å². The van der Waals surface area contributed by atoms with Gasteiger partial charge in [-0.25, -0.2) is 13.6 Å². The maximum atomic E-state index is 15.3. The van der Waals surface area contributed by atoms with E-state index in [0.29, 0.717) is 29.5 Å². The Morgan fingerprint density at radius 2 is 1.81 bits per heavy atom. The van der Waals surface area contributed by atoms with Crippen LogP contribution in [-0.4, -0.2) is 17.6 Å². The maximum absolute atomic E-state index is 15.3. The standard InChI is InChI=1S/C27H33F2NO2/c1-17(24(30)27(11-12-27)16-18(2)25(31)32-26(3,4)5)13-20-14-21(28)15-22(23(20)29)19-9-7-6-8-10-19/h6-10,14-15,17,24H,2,11-13,16,30H2,1,3-5H3/t17-,24+/m0/s1. The predicted molar refractivity (Wildman–Crippen MR) is 124 cm³/mol. The summed E-state index contributed by atoms with van der Waals surface area (Å²) in [5.41, 5.74) is 7.38. The summed E-state index contributed by atoms with van der Waals surface area (Å²) in [5, 5.41) is 0. The van der Waals surface area contributed by atoms with E-state index >= 15 is 4.39 Å². The highest BCUT2D eigenvalue weighted by Crippen LogP contribution is 2.54. The van der Waals surface area contributed by atoms with Crippen molar-refractivity contribution in [1.82, 2.24) is 0 Å². The molecule has 2 N–H and O–H groups in total. The Labute approximate surface area is 189 Å². The number of rotatable bonds is 8. The summed E-state index contributed by atoms with van der Waals surface area (Å²) in [6.45, 7) is 11.3. The quantitative estimate of drug-likeness (QED) is 0.392. The Bertz CT molecular complexity index is 991. The van der Waals surface area contributed by atoms with Crippen molar-refractivity contribution in [2.24, 2.45) is 17.1 Å². The third kappa shape index (κ3) is 5.63. The van der Waals surface area contributed by atoms with E-state index in [1.807, 2.05) is 33.8 Å². The van der Waals surface area contributed by atoms with Crippen molar-refractivity contribution in [2.75, 3.05) is 0 Å². The lowest BCUT2D eigenvalue weighted by Crippen LogP contribution is -2.39. The monoisotopic (exact) mass is 441 g/mol. The molecule has 0 amide bonds. The van der Waals surface area contributed by atoms with E-state index in [1.54, 1.807) is 24.3 Å². The molecule has 1 fully saturated rings. The van der Waals surface area contributed by atoms with Crippen molar-refractivity contribution in [1.29, 1.82) is 0 Å². The van der Waals surface area contributed by atoms with Gasteiger partial charge >= 0.3 is 5.97 Å². The van der Waals surface area contributed by atoms with E-state index in [-0.39, 0.29) is 22.9 Å². The summed E-state index contributed by atoms with van der Waals surface area (Å²) >= 11 is 0. The molecule has 0 aliphatic heterocycles. The predicted octanol–water partition coefficient (Wildman–Crippen LogP) is 6.21. The Kier molecular flexibility index (Phi) is 6.89. The second kappa shape index (κ2) is 9.14. The van der Waals surface area contributed by atoms with Crippen LogP contribution in [0.4, 0.5) is 8.78 Å². The van der Waals surface area contributed by atoms with Gasteiger partial charge in [0.2, 0.25) is 0 Å². The van der Waals surface area contributed by atoms with Gasteiger partial charge < -0.3 is 10.5 Å². The van der Waals surface area contributed by atoms with Crippen LogP contribution in [0.15, 0.2) is 54.6 Å². The van der Waals surface area contributed by atoms with Gasteiger partial charge in [-0.1, -0.05) is 43.8 Å². The third-order valence-electron chi connectivity index (χ3n) is 6.20. The van der Waals surface area contributed by atoms with Gasteiger partial charge in [0, 0.05) is 17.2 Å². The van der Waals surface area contributed by atoms with Crippen LogP contribution in [0.3, 0.4) is 0 Å². The van der Waals surface area contributed by atoms with Crippen LogP contribution in [0.25, 0.3) is 11.1 Å². The molecule has 0 aromatic heterocycles. The molecular formula is C27H33F2NO2. The molecule has 3 rings (SSSR count). The summed E-state index contributed by atoms with van der Waals surface area (Å²) < 4.78 is 35.0. The number of esters is 1. The second-order valence-electron chi connectivity index (χ2n) is 10.1. The van der Waals surface area contributed by atoms with E-state index in [0.717, 1.165) is 12.8 Å². The highest BCUT2D eigenvalue weighted by molar-refractivity contribution is 5.88. The molecule has 5 heteroatoms. The fraction of sp³-hybridized carbons (Fsp3) is 0.444. The zero-order chi connectivity index (χ0) is 23.7. The zero-order valence-corrected chi connectivity index (χ0v) is 19.4. The molecule has 1 saturated carbocycles. The van der Waals surface area contributed by atoms with Crippen LogP contribution < -0.4 is 5.73 Å². The van der Waals surface area contributed by atoms with Crippen LogP contribution >= 0.6 is 0 Å². The summed E-state index contributed by atoms with van der Waals surface area (Å²) in [6, 6.07) is 11.2. The minimum Gasteiger partial charge on any atom is -0.457 e. The number of carbonyl (C=O) groups is 1. The highest BCUT2D eigenvalue weighted by Gasteiger charge is 2.50. The molecule has 1 aliphatic rings. The van der Waals surface area contributed by atoms with Crippen molar-refractivity contribution >= 4 is 5.97 Å². The van der Waals surface area contributed by atoms with Crippen LogP contribution in [0.1, 0.15) is 52.5 Å². The lowest BCUT2D eigenvalue weighted by molar-refractivity contribution is -0.150. The molecule has 0 spiro atoms. The van der Waals surface area contributed by atoms with Gasteiger partial charge in [0.15, 0.2) is 0 Å². The molecule has 0 heterocycles. The van der Waals surface area contributed by atoms with Gasteiger partial charge in [-0.2, -0.15) is 0 Å². The number of nitrogens with two attached hydrogens (primary N) is 1. The van der Waals surface area contributed by atoms with Crippen LogP contribution in [0.5, 0.6) is 0 Å². The first-order valence-electron chi connectivity index (χ1n) is 11.1. The Morgan fingerprint density at radius 3 is 2.38 bits per heavy atom. The first kappa shape index (κ1) is 24.1. The largest absolute Gasteiger partial charge is 0.457 e. The van der Waals surface area contributed by atoms with Crippen molar-refractivity contribution in [3.05, 3.63) is 71.8 Å². The van der Waals surface area contributed by atoms with Crippen LogP contribution in [-0.2, 0) is 16.0 Å². The van der Waals surface area contributed by atoms with Crippen molar-refractivity contribution in [3.63, 3.8) is 0 Å². The number of benzene rings is 2. The van der Waals surface area contributed by atoms with E-state index < -0.39 is 23.2 Å². The smallest absolute Gasteiger partial charge is 0.333 e. The van der Waals surface area contributed by atoms with Gasteiger partial charge in [-0.3, -0.25) is 0 Å².